The lowest BCUT2D eigenvalue weighted by Gasteiger charge is -2.14. The molecule has 0 spiro atoms. The Morgan fingerprint density at radius 3 is 2.52 bits per heavy atom. The average Bonchev–Trinajstić information content (AvgIpc) is 3.02. The van der Waals surface area contributed by atoms with Crippen LogP contribution >= 0.6 is 11.8 Å². The summed E-state index contributed by atoms with van der Waals surface area (Å²) < 4.78 is 10.9. The van der Waals surface area contributed by atoms with Gasteiger partial charge in [-0.2, -0.15) is 0 Å². The van der Waals surface area contributed by atoms with Crippen molar-refractivity contribution in [3.05, 3.63) is 77.2 Å². The summed E-state index contributed by atoms with van der Waals surface area (Å²) in [6.07, 6.45) is 1.65. The first-order chi connectivity index (χ1) is 15.0. The molecular weight excluding hydrogens is 414 g/mol. The van der Waals surface area contributed by atoms with E-state index in [2.05, 4.69) is 0 Å². The van der Waals surface area contributed by atoms with Crippen LogP contribution in [0.1, 0.15) is 12.5 Å². The number of hydrogen-bond donors (Lipinski definition) is 0. The first-order valence-corrected chi connectivity index (χ1v) is 10.5. The molecule has 0 unspecified atom stereocenters. The van der Waals surface area contributed by atoms with Gasteiger partial charge in [-0.3, -0.25) is 19.3 Å². The molecule has 7 heteroatoms. The molecule has 1 aliphatic heterocycles. The van der Waals surface area contributed by atoms with Gasteiger partial charge in [-0.25, -0.2) is 0 Å². The predicted molar refractivity (Wildman–Crippen MR) is 120 cm³/mol. The van der Waals surface area contributed by atoms with E-state index in [0.717, 1.165) is 28.1 Å². The SMILES string of the molecule is CC(=O)Oc1ccc(/C=C2\SC(=O)N(CCOc3cccc4ccccc34)C2=O)cc1. The zero-order valence-corrected chi connectivity index (χ0v) is 17.6. The number of carbonyl (C=O) groups is 3. The van der Waals surface area contributed by atoms with Crippen LogP contribution in [0.3, 0.4) is 0 Å². The Hall–Kier alpha value is -3.58. The smallest absolute Gasteiger partial charge is 0.308 e. The van der Waals surface area contributed by atoms with Crippen LogP contribution in [0.15, 0.2) is 71.6 Å². The number of benzene rings is 3. The van der Waals surface area contributed by atoms with Gasteiger partial charge in [-0.1, -0.05) is 48.5 Å². The topological polar surface area (TPSA) is 72.9 Å². The minimum Gasteiger partial charge on any atom is -0.491 e. The Morgan fingerprint density at radius 2 is 1.74 bits per heavy atom. The van der Waals surface area contributed by atoms with Crippen molar-refractivity contribution in [2.24, 2.45) is 0 Å². The number of hydrogen-bond acceptors (Lipinski definition) is 6. The summed E-state index contributed by atoms with van der Waals surface area (Å²) >= 11 is 0.898. The second kappa shape index (κ2) is 9.06. The van der Waals surface area contributed by atoms with Crippen molar-refractivity contribution in [3.8, 4) is 11.5 Å². The fourth-order valence-corrected chi connectivity index (χ4v) is 4.08. The van der Waals surface area contributed by atoms with Crippen molar-refractivity contribution in [2.75, 3.05) is 13.2 Å². The summed E-state index contributed by atoms with van der Waals surface area (Å²) in [6, 6.07) is 20.4. The van der Waals surface area contributed by atoms with Gasteiger partial charge in [0.1, 0.15) is 18.1 Å². The highest BCUT2D eigenvalue weighted by Gasteiger charge is 2.34. The third-order valence-corrected chi connectivity index (χ3v) is 5.54. The van der Waals surface area contributed by atoms with E-state index in [4.69, 9.17) is 9.47 Å². The molecule has 1 saturated heterocycles. The number of amides is 2. The van der Waals surface area contributed by atoms with Gasteiger partial charge >= 0.3 is 5.97 Å². The summed E-state index contributed by atoms with van der Waals surface area (Å²) in [4.78, 5) is 37.5. The van der Waals surface area contributed by atoms with Crippen LogP contribution in [0.25, 0.3) is 16.8 Å². The average molecular weight is 433 g/mol. The second-order valence-corrected chi connectivity index (χ2v) is 7.81. The van der Waals surface area contributed by atoms with Gasteiger partial charge < -0.3 is 9.47 Å². The molecule has 0 N–H and O–H groups in total. The molecule has 0 aliphatic carbocycles. The maximum atomic E-state index is 12.7. The van der Waals surface area contributed by atoms with Gasteiger partial charge in [0.15, 0.2) is 0 Å². The van der Waals surface area contributed by atoms with Gasteiger partial charge in [0, 0.05) is 12.3 Å². The molecule has 0 saturated carbocycles. The Bertz CT molecular complexity index is 1180. The van der Waals surface area contributed by atoms with E-state index in [1.54, 1.807) is 30.3 Å². The van der Waals surface area contributed by atoms with Crippen molar-refractivity contribution in [3.63, 3.8) is 0 Å². The van der Waals surface area contributed by atoms with Crippen LogP contribution in [-0.2, 0) is 9.59 Å². The molecule has 0 atom stereocenters. The lowest BCUT2D eigenvalue weighted by Crippen LogP contribution is -2.32. The van der Waals surface area contributed by atoms with E-state index in [1.807, 2.05) is 42.5 Å². The Labute approximate surface area is 183 Å². The minimum absolute atomic E-state index is 0.163. The number of esters is 1. The maximum absolute atomic E-state index is 12.7. The van der Waals surface area contributed by atoms with Crippen molar-refractivity contribution < 1.29 is 23.9 Å². The molecule has 31 heavy (non-hydrogen) atoms. The van der Waals surface area contributed by atoms with E-state index in [9.17, 15) is 14.4 Å². The monoisotopic (exact) mass is 433 g/mol. The van der Waals surface area contributed by atoms with Crippen LogP contribution in [0.5, 0.6) is 11.5 Å². The fraction of sp³-hybridized carbons (Fsp3) is 0.125. The molecule has 0 aromatic heterocycles. The first kappa shape index (κ1) is 20.7. The summed E-state index contributed by atoms with van der Waals surface area (Å²) in [5, 5.41) is 1.72. The molecule has 3 aromatic rings. The Morgan fingerprint density at radius 1 is 1.00 bits per heavy atom. The van der Waals surface area contributed by atoms with Crippen molar-refractivity contribution in [2.45, 2.75) is 6.92 Å². The molecule has 3 aromatic carbocycles. The number of rotatable bonds is 6. The van der Waals surface area contributed by atoms with Crippen LogP contribution in [0.2, 0.25) is 0 Å². The van der Waals surface area contributed by atoms with E-state index >= 15 is 0 Å². The number of nitrogens with zero attached hydrogens (tertiary/aromatic N) is 1. The second-order valence-electron chi connectivity index (χ2n) is 6.82. The van der Waals surface area contributed by atoms with Gasteiger partial charge in [0.25, 0.3) is 11.1 Å². The molecule has 0 radical (unpaired) electrons. The molecule has 1 heterocycles. The van der Waals surface area contributed by atoms with Gasteiger partial charge in [0.2, 0.25) is 0 Å². The van der Waals surface area contributed by atoms with E-state index in [0.29, 0.717) is 16.4 Å². The van der Waals surface area contributed by atoms with Crippen LogP contribution in [0.4, 0.5) is 4.79 Å². The quantitative estimate of drug-likeness (QED) is 0.313. The molecule has 156 valence electrons. The fourth-order valence-electron chi connectivity index (χ4n) is 3.21. The first-order valence-electron chi connectivity index (χ1n) is 9.66. The number of imide groups is 1. The molecule has 1 fully saturated rings. The molecule has 2 amide bonds. The van der Waals surface area contributed by atoms with E-state index < -0.39 is 5.97 Å². The van der Waals surface area contributed by atoms with Gasteiger partial charge in [-0.15, -0.1) is 0 Å². The van der Waals surface area contributed by atoms with E-state index in [-0.39, 0.29) is 24.3 Å². The van der Waals surface area contributed by atoms with Crippen molar-refractivity contribution >= 4 is 45.7 Å². The van der Waals surface area contributed by atoms with Crippen molar-refractivity contribution in [1.82, 2.24) is 4.90 Å². The largest absolute Gasteiger partial charge is 0.491 e. The minimum atomic E-state index is -0.403. The summed E-state index contributed by atoms with van der Waals surface area (Å²) in [7, 11) is 0. The predicted octanol–water partition coefficient (Wildman–Crippen LogP) is 4.88. The third-order valence-electron chi connectivity index (χ3n) is 4.64. The van der Waals surface area contributed by atoms with Crippen LogP contribution in [-0.4, -0.2) is 35.2 Å². The number of carbonyl (C=O) groups excluding carboxylic acids is 3. The Balaban J connectivity index is 1.40. The van der Waals surface area contributed by atoms with Gasteiger partial charge in [-0.05, 0) is 47.0 Å². The lowest BCUT2D eigenvalue weighted by atomic mass is 10.1. The number of fused-ring (bicyclic) bond motifs is 1. The van der Waals surface area contributed by atoms with Crippen LogP contribution in [0, 0.1) is 0 Å². The maximum Gasteiger partial charge on any atom is 0.308 e. The lowest BCUT2D eigenvalue weighted by molar-refractivity contribution is -0.131. The van der Waals surface area contributed by atoms with Crippen LogP contribution < -0.4 is 9.47 Å². The molecule has 1 aliphatic rings. The molecular formula is C24H19NO5S. The standard InChI is InChI=1S/C24H19NO5S/c1-16(26)30-19-11-9-17(10-12-19)15-22-23(27)25(24(28)31-22)13-14-29-21-8-4-6-18-5-2-3-7-20(18)21/h2-12,15H,13-14H2,1H3/b22-15-. The number of thioether (sulfide) groups is 1. The summed E-state index contributed by atoms with van der Waals surface area (Å²) in [5.74, 6) is 0.386. The van der Waals surface area contributed by atoms with Gasteiger partial charge in [0.05, 0.1) is 11.4 Å². The highest BCUT2D eigenvalue weighted by Crippen LogP contribution is 2.32. The summed E-state index contributed by atoms with van der Waals surface area (Å²) in [5.41, 5.74) is 0.730. The summed E-state index contributed by atoms with van der Waals surface area (Å²) in [6.45, 7) is 1.70. The highest BCUT2D eigenvalue weighted by molar-refractivity contribution is 8.18. The zero-order chi connectivity index (χ0) is 21.8. The highest BCUT2D eigenvalue weighted by atomic mass is 32.2. The van der Waals surface area contributed by atoms with Crippen molar-refractivity contribution in [1.29, 1.82) is 0 Å². The molecule has 6 nitrogen and oxygen atoms in total. The normalized spacial score (nSPS) is 15.0. The third kappa shape index (κ3) is 4.78. The molecule has 0 bridgehead atoms. The zero-order valence-electron chi connectivity index (χ0n) is 16.7. The molecule has 4 rings (SSSR count). The Kier molecular flexibility index (Phi) is 6.04. The number of ether oxygens (including phenoxy) is 2. The van der Waals surface area contributed by atoms with E-state index in [1.165, 1.54) is 11.8 Å².